The Labute approximate surface area is 230 Å². The largest absolute Gasteiger partial charge is 0.507 e. The minimum absolute atomic E-state index is 0.00743. The lowest BCUT2D eigenvalue weighted by atomic mass is 9.95. The Bertz CT molecular complexity index is 1340. The first-order valence-corrected chi connectivity index (χ1v) is 13.4. The third kappa shape index (κ3) is 5.62. The SMILES string of the molecule is CCN(CC)c1ccc(N2C(=O)C(=O)/C(=C(\O)c3ccc(OC(C)C)cc3)C2c2ccc(N(C)C)cc2)cc1. The third-order valence-electron chi connectivity index (χ3n) is 6.93. The standard InChI is InChI=1S/C32H37N3O4/c1-7-34(8-2)25-15-17-26(18-16-25)35-29(22-9-13-24(14-10-22)33(5)6)28(31(37)32(35)38)30(36)23-11-19-27(20-12-23)39-21(3)4/h9-21,29,36H,7-8H2,1-6H3/b30-28-. The summed E-state index contributed by atoms with van der Waals surface area (Å²) in [6.07, 6.45) is 0.00743. The number of rotatable bonds is 9. The number of carbonyl (C=O) groups is 2. The van der Waals surface area contributed by atoms with E-state index in [1.54, 1.807) is 24.3 Å². The first-order chi connectivity index (χ1) is 18.7. The van der Waals surface area contributed by atoms with Crippen LogP contribution in [0.4, 0.5) is 17.1 Å². The van der Waals surface area contributed by atoms with Crippen molar-refractivity contribution in [2.24, 2.45) is 0 Å². The fourth-order valence-corrected chi connectivity index (χ4v) is 4.90. The molecule has 0 aliphatic carbocycles. The Balaban J connectivity index is 1.83. The Hall–Kier alpha value is -4.26. The van der Waals surface area contributed by atoms with Gasteiger partial charge in [0.25, 0.3) is 11.7 Å². The number of amides is 1. The van der Waals surface area contributed by atoms with Crippen LogP contribution in [0.1, 0.15) is 44.9 Å². The summed E-state index contributed by atoms with van der Waals surface area (Å²) in [4.78, 5) is 32.7. The van der Waals surface area contributed by atoms with E-state index in [2.05, 4.69) is 18.7 Å². The van der Waals surface area contributed by atoms with Crippen molar-refractivity contribution in [2.75, 3.05) is 41.9 Å². The Kier molecular flexibility index (Phi) is 8.29. The molecule has 0 saturated carbocycles. The highest BCUT2D eigenvalue weighted by molar-refractivity contribution is 6.51. The summed E-state index contributed by atoms with van der Waals surface area (Å²) in [6.45, 7) is 9.78. The van der Waals surface area contributed by atoms with Gasteiger partial charge >= 0.3 is 0 Å². The van der Waals surface area contributed by atoms with Crippen molar-refractivity contribution in [3.8, 4) is 5.75 Å². The van der Waals surface area contributed by atoms with Crippen molar-refractivity contribution < 1.29 is 19.4 Å². The number of hydrogen-bond donors (Lipinski definition) is 1. The van der Waals surface area contributed by atoms with Crippen molar-refractivity contribution in [3.63, 3.8) is 0 Å². The molecule has 1 aliphatic rings. The number of hydrogen-bond acceptors (Lipinski definition) is 6. The number of anilines is 3. The number of carbonyl (C=O) groups excluding carboxylic acids is 2. The second kappa shape index (κ2) is 11.6. The molecule has 1 fully saturated rings. The normalized spacial score (nSPS) is 16.6. The number of Topliss-reactive ketones (excluding diaryl/α,β-unsaturated/α-hetero) is 1. The molecule has 1 saturated heterocycles. The molecular weight excluding hydrogens is 490 g/mol. The van der Waals surface area contributed by atoms with Crippen LogP contribution in [0.15, 0.2) is 78.4 Å². The smallest absolute Gasteiger partial charge is 0.300 e. The van der Waals surface area contributed by atoms with E-state index in [1.165, 1.54) is 4.90 Å². The average molecular weight is 528 g/mol. The van der Waals surface area contributed by atoms with Crippen LogP contribution < -0.4 is 19.4 Å². The first kappa shape index (κ1) is 27.8. The number of aliphatic hydroxyl groups is 1. The van der Waals surface area contributed by atoms with Crippen LogP contribution in [-0.2, 0) is 9.59 Å². The molecule has 0 radical (unpaired) electrons. The molecule has 1 unspecified atom stereocenters. The quantitative estimate of drug-likeness (QED) is 0.209. The summed E-state index contributed by atoms with van der Waals surface area (Å²) in [5, 5.41) is 11.4. The van der Waals surface area contributed by atoms with E-state index in [9.17, 15) is 14.7 Å². The highest BCUT2D eigenvalue weighted by Crippen LogP contribution is 2.43. The molecule has 7 heteroatoms. The molecule has 1 heterocycles. The molecule has 4 rings (SSSR count). The van der Waals surface area contributed by atoms with Gasteiger partial charge in [0.1, 0.15) is 11.5 Å². The van der Waals surface area contributed by atoms with Gasteiger partial charge in [0.05, 0.1) is 17.7 Å². The lowest BCUT2D eigenvalue weighted by Crippen LogP contribution is -2.29. The molecular formula is C32H37N3O4. The number of aliphatic hydroxyl groups excluding tert-OH is 1. The van der Waals surface area contributed by atoms with Crippen molar-refractivity contribution in [3.05, 3.63) is 89.5 Å². The maximum Gasteiger partial charge on any atom is 0.300 e. The van der Waals surface area contributed by atoms with Crippen LogP contribution in [0.25, 0.3) is 5.76 Å². The Morgan fingerprint density at radius 3 is 1.95 bits per heavy atom. The molecule has 1 amide bonds. The van der Waals surface area contributed by atoms with Gasteiger partial charge < -0.3 is 19.6 Å². The summed E-state index contributed by atoms with van der Waals surface area (Å²) in [5.41, 5.74) is 3.85. The monoisotopic (exact) mass is 527 g/mol. The minimum Gasteiger partial charge on any atom is -0.507 e. The predicted molar refractivity (Wildman–Crippen MR) is 158 cm³/mol. The summed E-state index contributed by atoms with van der Waals surface area (Å²) in [7, 11) is 3.90. The van der Waals surface area contributed by atoms with Crippen LogP contribution in [0, 0.1) is 0 Å². The Morgan fingerprint density at radius 1 is 0.872 bits per heavy atom. The number of ketones is 1. The first-order valence-electron chi connectivity index (χ1n) is 13.4. The van der Waals surface area contributed by atoms with Crippen LogP contribution in [-0.4, -0.2) is 50.1 Å². The maximum atomic E-state index is 13.5. The van der Waals surface area contributed by atoms with Gasteiger partial charge in [-0.25, -0.2) is 0 Å². The van der Waals surface area contributed by atoms with E-state index in [0.717, 1.165) is 30.0 Å². The average Bonchev–Trinajstić information content (AvgIpc) is 3.19. The second-order valence-electron chi connectivity index (χ2n) is 10.0. The molecule has 0 bridgehead atoms. The highest BCUT2D eigenvalue weighted by Gasteiger charge is 2.47. The van der Waals surface area contributed by atoms with Crippen LogP contribution in [0.5, 0.6) is 5.75 Å². The topological polar surface area (TPSA) is 73.3 Å². The van der Waals surface area contributed by atoms with Gasteiger partial charge in [-0.15, -0.1) is 0 Å². The Morgan fingerprint density at radius 2 is 1.44 bits per heavy atom. The molecule has 7 nitrogen and oxygen atoms in total. The molecule has 204 valence electrons. The maximum absolute atomic E-state index is 13.5. The van der Waals surface area contributed by atoms with Gasteiger partial charge in [-0.05, 0) is 93.9 Å². The van der Waals surface area contributed by atoms with E-state index in [1.807, 2.05) is 81.4 Å². The van der Waals surface area contributed by atoms with Gasteiger partial charge in [-0.2, -0.15) is 0 Å². The van der Waals surface area contributed by atoms with Crippen molar-refractivity contribution >= 4 is 34.5 Å². The molecule has 1 aliphatic heterocycles. The predicted octanol–water partition coefficient (Wildman–Crippen LogP) is 6.01. The summed E-state index contributed by atoms with van der Waals surface area (Å²) < 4.78 is 5.72. The van der Waals surface area contributed by atoms with Gasteiger partial charge in [0.2, 0.25) is 0 Å². The van der Waals surface area contributed by atoms with E-state index in [4.69, 9.17) is 4.74 Å². The van der Waals surface area contributed by atoms with Crippen LogP contribution >= 0.6 is 0 Å². The number of nitrogens with zero attached hydrogens (tertiary/aromatic N) is 3. The molecule has 3 aromatic rings. The molecule has 3 aromatic carbocycles. The minimum atomic E-state index is -0.785. The zero-order valence-corrected chi connectivity index (χ0v) is 23.5. The van der Waals surface area contributed by atoms with Crippen molar-refractivity contribution in [1.82, 2.24) is 0 Å². The van der Waals surface area contributed by atoms with E-state index >= 15 is 0 Å². The molecule has 0 spiro atoms. The van der Waals surface area contributed by atoms with E-state index < -0.39 is 17.7 Å². The fraction of sp³-hybridized carbons (Fsp3) is 0.312. The molecule has 1 N–H and O–H groups in total. The zero-order valence-electron chi connectivity index (χ0n) is 23.5. The second-order valence-corrected chi connectivity index (χ2v) is 10.0. The van der Waals surface area contributed by atoms with Crippen LogP contribution in [0.2, 0.25) is 0 Å². The number of ether oxygens (including phenoxy) is 1. The lowest BCUT2D eigenvalue weighted by Gasteiger charge is -2.27. The number of benzene rings is 3. The van der Waals surface area contributed by atoms with Gasteiger partial charge in [-0.1, -0.05) is 12.1 Å². The summed E-state index contributed by atoms with van der Waals surface area (Å²) in [5.74, 6) is -0.947. The highest BCUT2D eigenvalue weighted by atomic mass is 16.5. The summed E-state index contributed by atoms with van der Waals surface area (Å²) in [6, 6.07) is 21.4. The zero-order chi connectivity index (χ0) is 28.3. The van der Waals surface area contributed by atoms with E-state index in [0.29, 0.717) is 17.0 Å². The summed E-state index contributed by atoms with van der Waals surface area (Å²) >= 11 is 0. The van der Waals surface area contributed by atoms with Crippen molar-refractivity contribution in [2.45, 2.75) is 39.8 Å². The van der Waals surface area contributed by atoms with E-state index in [-0.39, 0.29) is 17.4 Å². The molecule has 0 aromatic heterocycles. The van der Waals surface area contributed by atoms with Gasteiger partial charge in [-0.3, -0.25) is 14.5 Å². The molecule has 39 heavy (non-hydrogen) atoms. The van der Waals surface area contributed by atoms with Crippen molar-refractivity contribution in [1.29, 1.82) is 0 Å². The van der Waals surface area contributed by atoms with Gasteiger partial charge in [0, 0.05) is 49.8 Å². The lowest BCUT2D eigenvalue weighted by molar-refractivity contribution is -0.132. The van der Waals surface area contributed by atoms with Gasteiger partial charge in [0.15, 0.2) is 0 Å². The molecule has 1 atom stereocenters. The fourth-order valence-electron chi connectivity index (χ4n) is 4.90. The van der Waals surface area contributed by atoms with Crippen LogP contribution in [0.3, 0.4) is 0 Å². The third-order valence-corrected chi connectivity index (χ3v) is 6.93.